The molecule has 0 aliphatic carbocycles. The first-order valence-electron chi connectivity index (χ1n) is 8.46. The van der Waals surface area contributed by atoms with Gasteiger partial charge in [-0.15, -0.1) is 0 Å². The Labute approximate surface area is 142 Å². The normalized spacial score (nSPS) is 17.2. The van der Waals surface area contributed by atoms with E-state index in [4.69, 9.17) is 9.47 Å². The van der Waals surface area contributed by atoms with Gasteiger partial charge < -0.3 is 14.8 Å². The molecule has 4 heteroatoms. The summed E-state index contributed by atoms with van der Waals surface area (Å²) in [6.07, 6.45) is 2.62. The van der Waals surface area contributed by atoms with Crippen molar-refractivity contribution in [1.29, 1.82) is 0 Å². The van der Waals surface area contributed by atoms with Gasteiger partial charge in [0, 0.05) is 13.2 Å². The van der Waals surface area contributed by atoms with Crippen molar-refractivity contribution in [1.82, 2.24) is 5.32 Å². The molecule has 3 rings (SSSR count). The van der Waals surface area contributed by atoms with E-state index in [1.54, 1.807) is 0 Å². The number of amides is 1. The van der Waals surface area contributed by atoms with E-state index in [1.165, 1.54) is 0 Å². The molecule has 1 amide bonds. The SMILES string of the molecule is O=C(NCc1cccc(OCc2ccccc2)c1)[C@@H]1CCCCO1. The zero-order valence-electron chi connectivity index (χ0n) is 13.7. The molecule has 0 bridgehead atoms. The van der Waals surface area contributed by atoms with E-state index < -0.39 is 0 Å². The smallest absolute Gasteiger partial charge is 0.249 e. The molecule has 126 valence electrons. The standard InChI is InChI=1S/C20H23NO3/c22-20(19-11-4-5-12-23-19)21-14-17-9-6-10-18(13-17)24-15-16-7-2-1-3-8-16/h1-3,6-10,13,19H,4-5,11-12,14-15H2,(H,21,22)/t19-/m0/s1. The Morgan fingerprint density at radius 2 is 1.92 bits per heavy atom. The first-order chi connectivity index (χ1) is 11.8. The van der Waals surface area contributed by atoms with E-state index in [0.717, 1.165) is 36.1 Å². The van der Waals surface area contributed by atoms with Gasteiger partial charge >= 0.3 is 0 Å². The molecule has 2 aromatic carbocycles. The molecule has 1 aliphatic heterocycles. The summed E-state index contributed by atoms with van der Waals surface area (Å²) < 4.78 is 11.3. The number of carbonyl (C=O) groups excluding carboxylic acids is 1. The maximum atomic E-state index is 12.1. The van der Waals surface area contributed by atoms with Crippen LogP contribution in [0.1, 0.15) is 30.4 Å². The van der Waals surface area contributed by atoms with Gasteiger partial charge in [-0.25, -0.2) is 0 Å². The van der Waals surface area contributed by atoms with Crippen LogP contribution in [0, 0.1) is 0 Å². The van der Waals surface area contributed by atoms with Crippen LogP contribution in [-0.4, -0.2) is 18.6 Å². The average molecular weight is 325 g/mol. The van der Waals surface area contributed by atoms with Gasteiger partial charge in [0.25, 0.3) is 0 Å². The topological polar surface area (TPSA) is 47.6 Å². The molecular formula is C20H23NO3. The van der Waals surface area contributed by atoms with Crippen molar-refractivity contribution in [2.45, 2.75) is 38.5 Å². The van der Waals surface area contributed by atoms with Gasteiger partial charge in [0.1, 0.15) is 18.5 Å². The van der Waals surface area contributed by atoms with E-state index in [1.807, 2.05) is 54.6 Å². The van der Waals surface area contributed by atoms with E-state index in [-0.39, 0.29) is 12.0 Å². The summed E-state index contributed by atoms with van der Waals surface area (Å²) >= 11 is 0. The van der Waals surface area contributed by atoms with Crippen LogP contribution in [0.4, 0.5) is 0 Å². The third kappa shape index (κ3) is 4.83. The van der Waals surface area contributed by atoms with Crippen LogP contribution in [0.25, 0.3) is 0 Å². The Hall–Kier alpha value is -2.33. The van der Waals surface area contributed by atoms with Crippen molar-refractivity contribution in [2.24, 2.45) is 0 Å². The van der Waals surface area contributed by atoms with E-state index >= 15 is 0 Å². The van der Waals surface area contributed by atoms with Crippen LogP contribution < -0.4 is 10.1 Å². The summed E-state index contributed by atoms with van der Waals surface area (Å²) in [6.45, 7) is 1.70. The minimum atomic E-state index is -0.295. The second kappa shape index (κ2) is 8.50. The second-order valence-electron chi connectivity index (χ2n) is 5.99. The summed E-state index contributed by atoms with van der Waals surface area (Å²) in [5.41, 5.74) is 2.15. The Kier molecular flexibility index (Phi) is 5.85. The largest absolute Gasteiger partial charge is 0.489 e. The fraction of sp³-hybridized carbons (Fsp3) is 0.350. The van der Waals surface area contributed by atoms with E-state index in [9.17, 15) is 4.79 Å². The van der Waals surface area contributed by atoms with Gasteiger partial charge in [0.05, 0.1) is 0 Å². The van der Waals surface area contributed by atoms with Crippen LogP contribution in [0.2, 0.25) is 0 Å². The maximum Gasteiger partial charge on any atom is 0.249 e. The summed E-state index contributed by atoms with van der Waals surface area (Å²) in [4.78, 5) is 12.1. The van der Waals surface area contributed by atoms with Crippen LogP contribution in [-0.2, 0) is 22.7 Å². The molecule has 1 N–H and O–H groups in total. The zero-order valence-corrected chi connectivity index (χ0v) is 13.7. The third-order valence-electron chi connectivity index (χ3n) is 4.09. The molecule has 4 nitrogen and oxygen atoms in total. The fourth-order valence-corrected chi connectivity index (χ4v) is 2.74. The highest BCUT2D eigenvalue weighted by Crippen LogP contribution is 2.16. The van der Waals surface area contributed by atoms with Gasteiger partial charge in [-0.05, 0) is 42.5 Å². The number of ether oxygens (including phenoxy) is 2. The molecule has 2 aromatic rings. The van der Waals surface area contributed by atoms with Crippen LogP contribution in [0.15, 0.2) is 54.6 Å². The summed E-state index contributed by atoms with van der Waals surface area (Å²) in [5, 5.41) is 2.95. The third-order valence-corrected chi connectivity index (χ3v) is 4.09. The first-order valence-corrected chi connectivity index (χ1v) is 8.46. The Morgan fingerprint density at radius 3 is 2.71 bits per heavy atom. The molecule has 1 atom stereocenters. The molecule has 0 spiro atoms. The van der Waals surface area contributed by atoms with E-state index in [0.29, 0.717) is 19.8 Å². The number of hydrogen-bond donors (Lipinski definition) is 1. The molecule has 24 heavy (non-hydrogen) atoms. The van der Waals surface area contributed by atoms with Gasteiger partial charge in [0.2, 0.25) is 5.91 Å². The zero-order chi connectivity index (χ0) is 16.6. The number of hydrogen-bond acceptors (Lipinski definition) is 3. The molecule has 1 fully saturated rings. The molecule has 0 saturated carbocycles. The number of benzene rings is 2. The molecular weight excluding hydrogens is 302 g/mol. The predicted molar refractivity (Wildman–Crippen MR) is 92.7 cm³/mol. The highest BCUT2D eigenvalue weighted by Gasteiger charge is 2.21. The summed E-state index contributed by atoms with van der Waals surface area (Å²) in [5.74, 6) is 0.782. The minimum Gasteiger partial charge on any atom is -0.489 e. The van der Waals surface area contributed by atoms with Crippen molar-refractivity contribution < 1.29 is 14.3 Å². The van der Waals surface area contributed by atoms with Crippen LogP contribution in [0.5, 0.6) is 5.75 Å². The minimum absolute atomic E-state index is 0.0229. The monoisotopic (exact) mass is 325 g/mol. The maximum absolute atomic E-state index is 12.1. The van der Waals surface area contributed by atoms with Gasteiger partial charge in [-0.2, -0.15) is 0 Å². The Balaban J connectivity index is 1.50. The van der Waals surface area contributed by atoms with Crippen LogP contribution >= 0.6 is 0 Å². The number of rotatable bonds is 6. The first kappa shape index (κ1) is 16.5. The van der Waals surface area contributed by atoms with Crippen molar-refractivity contribution in [3.05, 3.63) is 65.7 Å². The van der Waals surface area contributed by atoms with Crippen molar-refractivity contribution in [3.63, 3.8) is 0 Å². The molecule has 1 aliphatic rings. The quantitative estimate of drug-likeness (QED) is 0.885. The molecule has 1 heterocycles. The molecule has 0 unspecified atom stereocenters. The lowest BCUT2D eigenvalue weighted by atomic mass is 10.1. The lowest BCUT2D eigenvalue weighted by Gasteiger charge is -2.21. The molecule has 0 aromatic heterocycles. The van der Waals surface area contributed by atoms with Gasteiger partial charge in [0.15, 0.2) is 0 Å². The number of nitrogens with one attached hydrogen (secondary N) is 1. The highest BCUT2D eigenvalue weighted by molar-refractivity contribution is 5.80. The second-order valence-corrected chi connectivity index (χ2v) is 5.99. The molecule has 1 saturated heterocycles. The Morgan fingerprint density at radius 1 is 1.08 bits per heavy atom. The average Bonchev–Trinajstić information content (AvgIpc) is 2.66. The van der Waals surface area contributed by atoms with E-state index in [2.05, 4.69) is 5.32 Å². The lowest BCUT2D eigenvalue weighted by molar-refractivity contribution is -0.135. The lowest BCUT2D eigenvalue weighted by Crippen LogP contribution is -2.37. The molecule has 0 radical (unpaired) electrons. The summed E-state index contributed by atoms with van der Waals surface area (Å²) in [6, 6.07) is 17.9. The summed E-state index contributed by atoms with van der Waals surface area (Å²) in [7, 11) is 0. The van der Waals surface area contributed by atoms with Gasteiger partial charge in [-0.3, -0.25) is 4.79 Å². The Bertz CT molecular complexity index is 651. The van der Waals surface area contributed by atoms with Crippen molar-refractivity contribution in [2.75, 3.05) is 6.61 Å². The van der Waals surface area contributed by atoms with Crippen molar-refractivity contribution >= 4 is 5.91 Å². The fourth-order valence-electron chi connectivity index (χ4n) is 2.74. The van der Waals surface area contributed by atoms with Crippen LogP contribution in [0.3, 0.4) is 0 Å². The number of carbonyl (C=O) groups is 1. The predicted octanol–water partition coefficient (Wildman–Crippen LogP) is 3.45. The highest BCUT2D eigenvalue weighted by atomic mass is 16.5. The van der Waals surface area contributed by atoms with Gasteiger partial charge in [-0.1, -0.05) is 42.5 Å². The van der Waals surface area contributed by atoms with Crippen molar-refractivity contribution in [3.8, 4) is 5.75 Å².